The molecular weight excluding hydrogens is 416 g/mol. The molecule has 2 rings (SSSR count). The maximum atomic E-state index is 12.4. The van der Waals surface area contributed by atoms with E-state index in [-0.39, 0.29) is 11.3 Å². The molecule has 0 radical (unpaired) electrons. The highest BCUT2D eigenvalue weighted by Gasteiger charge is 2.21. The first kappa shape index (κ1) is 24.4. The second-order valence-corrected chi connectivity index (χ2v) is 7.12. The maximum absolute atomic E-state index is 12.4. The van der Waals surface area contributed by atoms with Crippen molar-refractivity contribution < 1.29 is 19.4 Å². The molecule has 2 aromatic rings. The summed E-state index contributed by atoms with van der Waals surface area (Å²) < 4.78 is 5.22. The lowest BCUT2D eigenvalue weighted by molar-refractivity contribution is -0.394. The summed E-state index contributed by atoms with van der Waals surface area (Å²) >= 11 is 0. The molecule has 0 amide bonds. The van der Waals surface area contributed by atoms with E-state index in [0.29, 0.717) is 0 Å². The van der Waals surface area contributed by atoms with Crippen LogP contribution in [0.5, 0.6) is 5.75 Å². The largest absolute Gasteiger partial charge is 0.423 e. The number of nitrogens with zero attached hydrogens (tertiary/aromatic N) is 4. The quantitative estimate of drug-likeness (QED) is 0.149. The first-order valence-corrected chi connectivity index (χ1v) is 10.4. The van der Waals surface area contributed by atoms with Gasteiger partial charge in [0.25, 0.3) is 11.4 Å². The van der Waals surface area contributed by atoms with Crippen LogP contribution in [-0.2, 0) is 0 Å². The minimum absolute atomic E-state index is 0.204. The molecule has 2 aromatic carbocycles. The van der Waals surface area contributed by atoms with Gasteiger partial charge in [0.15, 0.2) is 0 Å². The molecule has 10 heteroatoms. The van der Waals surface area contributed by atoms with Gasteiger partial charge in [0, 0.05) is 25.2 Å². The smallest absolute Gasteiger partial charge is 0.344 e. The molecule has 0 bridgehead atoms. The lowest BCUT2D eigenvalue weighted by Crippen LogP contribution is -2.20. The van der Waals surface area contributed by atoms with Crippen LogP contribution >= 0.6 is 0 Å². The number of benzene rings is 2. The fourth-order valence-corrected chi connectivity index (χ4v) is 2.77. The lowest BCUT2D eigenvalue weighted by atomic mass is 10.1. The van der Waals surface area contributed by atoms with Gasteiger partial charge in [0.1, 0.15) is 5.75 Å². The van der Waals surface area contributed by atoms with Gasteiger partial charge < -0.3 is 4.74 Å². The molecule has 0 N–H and O–H groups in total. The predicted octanol–water partition coefficient (Wildman–Crippen LogP) is 4.96. The average Bonchev–Trinajstić information content (AvgIpc) is 2.79. The summed E-state index contributed by atoms with van der Waals surface area (Å²) in [7, 11) is 0. The third-order valence-corrected chi connectivity index (χ3v) is 4.56. The topological polar surface area (TPSA) is 128 Å². The van der Waals surface area contributed by atoms with Crippen LogP contribution in [0.1, 0.15) is 55.5 Å². The Morgan fingerprint density at radius 3 is 1.97 bits per heavy atom. The fraction of sp³-hybridized carbons (Fsp3) is 0.364. The van der Waals surface area contributed by atoms with E-state index in [1.807, 2.05) is 5.01 Å². The van der Waals surface area contributed by atoms with Gasteiger partial charge >= 0.3 is 5.97 Å². The van der Waals surface area contributed by atoms with Crippen molar-refractivity contribution in [3.63, 3.8) is 0 Å². The van der Waals surface area contributed by atoms with E-state index in [0.717, 1.165) is 62.5 Å². The normalized spacial score (nSPS) is 10.8. The highest BCUT2D eigenvalue weighted by molar-refractivity contribution is 5.92. The summed E-state index contributed by atoms with van der Waals surface area (Å²) in [5.41, 5.74) is -0.588. The van der Waals surface area contributed by atoms with Gasteiger partial charge in [0.05, 0.1) is 27.7 Å². The Morgan fingerprint density at radius 2 is 1.50 bits per heavy atom. The van der Waals surface area contributed by atoms with Gasteiger partial charge in [-0.3, -0.25) is 25.2 Å². The van der Waals surface area contributed by atoms with E-state index in [1.54, 1.807) is 30.5 Å². The van der Waals surface area contributed by atoms with Gasteiger partial charge in [0.2, 0.25) is 0 Å². The molecule has 0 aliphatic carbocycles. The molecule has 0 aliphatic heterocycles. The van der Waals surface area contributed by atoms with Crippen LogP contribution in [-0.4, -0.2) is 40.1 Å². The zero-order valence-corrected chi connectivity index (χ0v) is 18.1. The number of unbranched alkanes of at least 4 members (excludes halogenated alkanes) is 2. The van der Waals surface area contributed by atoms with Gasteiger partial charge in [-0.05, 0) is 42.7 Å². The van der Waals surface area contributed by atoms with Crippen molar-refractivity contribution in [2.75, 3.05) is 13.1 Å². The minimum Gasteiger partial charge on any atom is -0.423 e. The second kappa shape index (κ2) is 12.1. The first-order chi connectivity index (χ1) is 15.3. The van der Waals surface area contributed by atoms with E-state index in [9.17, 15) is 25.0 Å². The van der Waals surface area contributed by atoms with Crippen molar-refractivity contribution in [2.24, 2.45) is 5.10 Å². The van der Waals surface area contributed by atoms with Crippen LogP contribution in [0.15, 0.2) is 47.6 Å². The van der Waals surface area contributed by atoms with Crippen molar-refractivity contribution in [1.82, 2.24) is 5.01 Å². The molecule has 0 unspecified atom stereocenters. The van der Waals surface area contributed by atoms with Crippen molar-refractivity contribution in [2.45, 2.75) is 39.5 Å². The average molecular weight is 442 g/mol. The first-order valence-electron chi connectivity index (χ1n) is 10.4. The van der Waals surface area contributed by atoms with Crippen molar-refractivity contribution >= 4 is 23.6 Å². The Kier molecular flexibility index (Phi) is 9.27. The van der Waals surface area contributed by atoms with Crippen LogP contribution in [0.4, 0.5) is 11.4 Å². The molecule has 32 heavy (non-hydrogen) atoms. The highest BCUT2D eigenvalue weighted by Crippen LogP contribution is 2.24. The number of non-ortho nitro benzene ring substituents is 2. The number of carbonyl (C=O) groups excluding carboxylic acids is 1. The third-order valence-electron chi connectivity index (χ3n) is 4.56. The summed E-state index contributed by atoms with van der Waals surface area (Å²) in [6.07, 6.45) is 6.04. The Bertz CT molecular complexity index is 935. The van der Waals surface area contributed by atoms with Crippen molar-refractivity contribution in [3.8, 4) is 5.75 Å². The van der Waals surface area contributed by atoms with Gasteiger partial charge in [-0.2, -0.15) is 5.10 Å². The van der Waals surface area contributed by atoms with Crippen LogP contribution in [0.3, 0.4) is 0 Å². The van der Waals surface area contributed by atoms with Gasteiger partial charge in [-0.15, -0.1) is 0 Å². The highest BCUT2D eigenvalue weighted by atomic mass is 16.6. The molecule has 0 spiro atoms. The number of ether oxygens (including phenoxy) is 1. The molecule has 10 nitrogen and oxygen atoms in total. The van der Waals surface area contributed by atoms with Gasteiger partial charge in [-0.1, -0.05) is 26.7 Å². The molecule has 0 saturated heterocycles. The number of carbonyl (C=O) groups is 1. The second-order valence-electron chi connectivity index (χ2n) is 7.12. The number of nitro groups is 2. The van der Waals surface area contributed by atoms with Crippen molar-refractivity contribution in [3.05, 3.63) is 73.8 Å². The fourth-order valence-electron chi connectivity index (χ4n) is 2.77. The molecule has 0 heterocycles. The summed E-state index contributed by atoms with van der Waals surface area (Å²) in [6.45, 7) is 6.04. The molecule has 0 fully saturated rings. The van der Waals surface area contributed by atoms with E-state index in [2.05, 4.69) is 18.9 Å². The zero-order valence-electron chi connectivity index (χ0n) is 18.1. The Morgan fingerprint density at radius 1 is 0.969 bits per heavy atom. The number of hydrogen-bond acceptors (Lipinski definition) is 8. The summed E-state index contributed by atoms with van der Waals surface area (Å²) in [5.74, 6) is -0.723. The van der Waals surface area contributed by atoms with E-state index >= 15 is 0 Å². The summed E-state index contributed by atoms with van der Waals surface area (Å²) in [5, 5.41) is 28.5. The Labute approximate surface area is 185 Å². The van der Waals surface area contributed by atoms with Crippen LogP contribution in [0, 0.1) is 20.2 Å². The Balaban J connectivity index is 2.09. The van der Waals surface area contributed by atoms with E-state index in [4.69, 9.17) is 4.74 Å². The summed E-state index contributed by atoms with van der Waals surface area (Å²) in [4.78, 5) is 32.7. The monoisotopic (exact) mass is 442 g/mol. The molecule has 170 valence electrons. The molecule has 0 aliphatic rings. The third kappa shape index (κ3) is 7.46. The Hall–Kier alpha value is -3.82. The lowest BCUT2D eigenvalue weighted by Gasteiger charge is -2.18. The van der Waals surface area contributed by atoms with E-state index in [1.165, 1.54) is 0 Å². The van der Waals surface area contributed by atoms with E-state index < -0.39 is 27.2 Å². The summed E-state index contributed by atoms with van der Waals surface area (Å²) in [6, 6.07) is 9.24. The molecule has 0 atom stereocenters. The maximum Gasteiger partial charge on any atom is 0.344 e. The minimum atomic E-state index is -0.927. The zero-order chi connectivity index (χ0) is 23.5. The number of hydrogen-bond donors (Lipinski definition) is 0. The SMILES string of the molecule is CCCCN(CCCC)N=Cc1ccc(OC(=O)c2cc([N+](=O)[O-])cc([N+](=O)[O-])c2)cc1. The standard InChI is InChI=1S/C22H26N4O6/c1-3-5-11-24(12-6-4-2)23-16-17-7-9-21(10-8-17)32-22(27)18-13-19(25(28)29)15-20(14-18)26(30)31/h7-10,13-16H,3-6,11-12H2,1-2H3. The molecule has 0 aromatic heterocycles. The van der Waals surface area contributed by atoms with Gasteiger partial charge in [-0.25, -0.2) is 4.79 Å². The number of esters is 1. The van der Waals surface area contributed by atoms with Crippen LogP contribution in [0.2, 0.25) is 0 Å². The number of rotatable bonds is 12. The number of hydrazone groups is 1. The number of nitro benzene ring substituents is 2. The van der Waals surface area contributed by atoms with Crippen LogP contribution in [0.25, 0.3) is 0 Å². The van der Waals surface area contributed by atoms with Crippen LogP contribution < -0.4 is 4.74 Å². The molecular formula is C22H26N4O6. The van der Waals surface area contributed by atoms with Crippen molar-refractivity contribution in [1.29, 1.82) is 0 Å². The predicted molar refractivity (Wildman–Crippen MR) is 120 cm³/mol. The molecule has 0 saturated carbocycles.